The van der Waals surface area contributed by atoms with E-state index in [2.05, 4.69) is 11.4 Å². The third kappa shape index (κ3) is 5.30. The second kappa shape index (κ2) is 7.47. The maximum atomic E-state index is 11.9. The molecule has 0 fully saturated rings. The fraction of sp³-hybridized carbons (Fsp3) is 0.375. The van der Waals surface area contributed by atoms with Crippen LogP contribution in [0.5, 0.6) is 5.75 Å². The predicted octanol–water partition coefficient (Wildman–Crippen LogP) is 2.98. The molecule has 2 N–H and O–H groups in total. The first kappa shape index (κ1) is 15.1. The average Bonchev–Trinajstić information content (AvgIpc) is 2.47. The molecule has 0 atom stereocenters. The zero-order valence-corrected chi connectivity index (χ0v) is 11.8. The summed E-state index contributed by atoms with van der Waals surface area (Å²) in [6, 6.07) is 6.67. The number of carboxylic acid groups (broad SMARTS) is 1. The van der Waals surface area contributed by atoms with Gasteiger partial charge in [-0.3, -0.25) is 4.79 Å². The fourth-order valence-electron chi connectivity index (χ4n) is 2.26. The van der Waals surface area contributed by atoms with E-state index in [4.69, 9.17) is 9.84 Å². The minimum Gasteiger partial charge on any atom is -0.482 e. The third-order valence-corrected chi connectivity index (χ3v) is 3.27. The molecule has 1 aliphatic carbocycles. The number of benzene rings is 1. The number of ether oxygens (including phenoxy) is 1. The van der Waals surface area contributed by atoms with Crippen LogP contribution < -0.4 is 10.1 Å². The van der Waals surface area contributed by atoms with Gasteiger partial charge in [0.05, 0.1) is 0 Å². The molecule has 5 heteroatoms. The maximum absolute atomic E-state index is 11.9. The van der Waals surface area contributed by atoms with Crippen LogP contribution in [0.1, 0.15) is 32.1 Å². The molecule has 0 saturated carbocycles. The van der Waals surface area contributed by atoms with E-state index in [1.54, 1.807) is 24.3 Å². The zero-order chi connectivity index (χ0) is 15.1. The first-order chi connectivity index (χ1) is 10.1. The van der Waals surface area contributed by atoms with Crippen LogP contribution in [0, 0.1) is 0 Å². The Morgan fingerprint density at radius 2 is 1.95 bits per heavy atom. The van der Waals surface area contributed by atoms with Crippen molar-refractivity contribution in [2.75, 3.05) is 11.9 Å². The molecule has 0 spiro atoms. The lowest BCUT2D eigenvalue weighted by Crippen LogP contribution is -2.13. The summed E-state index contributed by atoms with van der Waals surface area (Å²) in [6.07, 6.45) is 7.05. The number of hydrogen-bond acceptors (Lipinski definition) is 3. The van der Waals surface area contributed by atoms with Crippen molar-refractivity contribution in [2.45, 2.75) is 32.1 Å². The highest BCUT2D eigenvalue weighted by Gasteiger charge is 2.09. The summed E-state index contributed by atoms with van der Waals surface area (Å²) in [7, 11) is 0. The van der Waals surface area contributed by atoms with Crippen LogP contribution in [0.15, 0.2) is 35.9 Å². The van der Waals surface area contributed by atoms with Crippen molar-refractivity contribution < 1.29 is 19.4 Å². The molecule has 21 heavy (non-hydrogen) atoms. The zero-order valence-electron chi connectivity index (χ0n) is 11.8. The highest BCUT2D eigenvalue weighted by molar-refractivity contribution is 5.92. The summed E-state index contributed by atoms with van der Waals surface area (Å²) in [4.78, 5) is 22.3. The van der Waals surface area contributed by atoms with E-state index in [1.165, 1.54) is 12.0 Å². The topological polar surface area (TPSA) is 75.6 Å². The van der Waals surface area contributed by atoms with E-state index < -0.39 is 5.97 Å². The molecule has 0 saturated heterocycles. The van der Waals surface area contributed by atoms with Gasteiger partial charge in [-0.25, -0.2) is 4.79 Å². The molecule has 0 aliphatic heterocycles. The lowest BCUT2D eigenvalue weighted by atomic mass is 9.97. The number of carbonyl (C=O) groups excluding carboxylic acids is 1. The molecular weight excluding hydrogens is 270 g/mol. The lowest BCUT2D eigenvalue weighted by molar-refractivity contribution is -0.139. The molecule has 0 bridgehead atoms. The molecule has 1 aromatic carbocycles. The lowest BCUT2D eigenvalue weighted by Gasteiger charge is -2.12. The van der Waals surface area contributed by atoms with E-state index in [0.717, 1.165) is 19.3 Å². The second-order valence-electron chi connectivity index (χ2n) is 5.04. The van der Waals surface area contributed by atoms with E-state index in [1.807, 2.05) is 0 Å². The SMILES string of the molecule is O=C(O)COc1ccc(NC(=O)CC2=CCCCC2)cc1. The largest absolute Gasteiger partial charge is 0.482 e. The number of carboxylic acids is 1. The molecule has 0 unspecified atom stereocenters. The summed E-state index contributed by atoms with van der Waals surface area (Å²) in [5, 5.41) is 11.3. The van der Waals surface area contributed by atoms with Crippen LogP contribution in [-0.2, 0) is 9.59 Å². The number of anilines is 1. The fourth-order valence-corrected chi connectivity index (χ4v) is 2.26. The van der Waals surface area contributed by atoms with Crippen molar-refractivity contribution >= 4 is 17.6 Å². The first-order valence-electron chi connectivity index (χ1n) is 7.06. The molecule has 5 nitrogen and oxygen atoms in total. The summed E-state index contributed by atoms with van der Waals surface area (Å²) < 4.78 is 5.03. The van der Waals surface area contributed by atoms with Crippen LogP contribution in [0.3, 0.4) is 0 Å². The van der Waals surface area contributed by atoms with E-state index in [0.29, 0.717) is 17.9 Å². The number of hydrogen-bond donors (Lipinski definition) is 2. The molecule has 1 aliphatic rings. The van der Waals surface area contributed by atoms with Gasteiger partial charge in [-0.2, -0.15) is 0 Å². The standard InChI is InChI=1S/C16H19NO4/c18-15(10-12-4-2-1-3-5-12)17-13-6-8-14(9-7-13)21-11-16(19)20/h4,6-9H,1-3,5,10-11H2,(H,17,18)(H,19,20). The predicted molar refractivity (Wildman–Crippen MR) is 79.4 cm³/mol. The molecular formula is C16H19NO4. The van der Waals surface area contributed by atoms with Crippen LogP contribution >= 0.6 is 0 Å². The number of rotatable bonds is 6. The van der Waals surface area contributed by atoms with Crippen molar-refractivity contribution in [3.05, 3.63) is 35.9 Å². The van der Waals surface area contributed by atoms with Crippen LogP contribution in [0.25, 0.3) is 0 Å². The molecule has 0 aromatic heterocycles. The van der Waals surface area contributed by atoms with Gasteiger partial charge in [-0.15, -0.1) is 0 Å². The second-order valence-corrected chi connectivity index (χ2v) is 5.04. The number of nitrogens with one attached hydrogen (secondary N) is 1. The van der Waals surface area contributed by atoms with Crippen molar-refractivity contribution in [2.24, 2.45) is 0 Å². The van der Waals surface area contributed by atoms with Crippen LogP contribution in [0.4, 0.5) is 5.69 Å². The number of amides is 1. The first-order valence-corrected chi connectivity index (χ1v) is 7.06. The van der Waals surface area contributed by atoms with Crippen LogP contribution in [-0.4, -0.2) is 23.6 Å². The van der Waals surface area contributed by atoms with E-state index >= 15 is 0 Å². The van der Waals surface area contributed by atoms with Gasteiger partial charge in [0, 0.05) is 12.1 Å². The Labute approximate surface area is 123 Å². The summed E-state index contributed by atoms with van der Waals surface area (Å²) in [5.41, 5.74) is 1.89. The van der Waals surface area contributed by atoms with Gasteiger partial charge in [0.15, 0.2) is 6.61 Å². The van der Waals surface area contributed by atoms with Crippen molar-refractivity contribution in [1.29, 1.82) is 0 Å². The Balaban J connectivity index is 1.83. The maximum Gasteiger partial charge on any atom is 0.341 e. The molecule has 2 rings (SSSR count). The normalized spacial score (nSPS) is 14.2. The summed E-state index contributed by atoms with van der Waals surface area (Å²) in [6.45, 7) is -0.375. The molecule has 0 radical (unpaired) electrons. The Morgan fingerprint density at radius 3 is 2.57 bits per heavy atom. The van der Waals surface area contributed by atoms with Gasteiger partial charge in [-0.1, -0.05) is 11.6 Å². The van der Waals surface area contributed by atoms with Gasteiger partial charge in [0.25, 0.3) is 0 Å². The highest BCUT2D eigenvalue weighted by Crippen LogP contribution is 2.21. The van der Waals surface area contributed by atoms with Gasteiger partial charge >= 0.3 is 5.97 Å². The van der Waals surface area contributed by atoms with Crippen molar-refractivity contribution in [3.63, 3.8) is 0 Å². The van der Waals surface area contributed by atoms with E-state index in [9.17, 15) is 9.59 Å². The molecule has 1 aromatic rings. The summed E-state index contributed by atoms with van der Waals surface area (Å²) in [5.74, 6) is -0.583. The van der Waals surface area contributed by atoms with Crippen LogP contribution in [0.2, 0.25) is 0 Å². The minimum atomic E-state index is -1.02. The number of carbonyl (C=O) groups is 2. The Kier molecular flexibility index (Phi) is 5.37. The van der Waals surface area contributed by atoms with Crippen molar-refractivity contribution in [1.82, 2.24) is 0 Å². The van der Waals surface area contributed by atoms with Gasteiger partial charge < -0.3 is 15.2 Å². The summed E-state index contributed by atoms with van der Waals surface area (Å²) >= 11 is 0. The molecule has 1 amide bonds. The molecule has 0 heterocycles. The van der Waals surface area contributed by atoms with Crippen molar-refractivity contribution in [3.8, 4) is 5.75 Å². The quantitative estimate of drug-likeness (QED) is 0.789. The minimum absolute atomic E-state index is 0.0256. The highest BCUT2D eigenvalue weighted by atomic mass is 16.5. The average molecular weight is 289 g/mol. The smallest absolute Gasteiger partial charge is 0.341 e. The number of allylic oxidation sites excluding steroid dienone is 1. The molecule has 112 valence electrons. The Hall–Kier alpha value is -2.30. The van der Waals surface area contributed by atoms with Gasteiger partial charge in [0.2, 0.25) is 5.91 Å². The number of aliphatic carboxylic acids is 1. The van der Waals surface area contributed by atoms with E-state index in [-0.39, 0.29) is 12.5 Å². The Morgan fingerprint density at radius 1 is 1.19 bits per heavy atom. The van der Waals surface area contributed by atoms with Gasteiger partial charge in [-0.05, 0) is 49.9 Å². The monoisotopic (exact) mass is 289 g/mol. The Bertz CT molecular complexity index is 534. The van der Waals surface area contributed by atoms with Gasteiger partial charge in [0.1, 0.15) is 5.75 Å². The third-order valence-electron chi connectivity index (χ3n) is 3.27.